The Hall–Kier alpha value is -1.84. The van der Waals surface area contributed by atoms with Gasteiger partial charge in [-0.2, -0.15) is 0 Å². The Balaban J connectivity index is 3.22. The molecule has 1 amide bonds. The average Bonchev–Trinajstić information content (AvgIpc) is 2.38. The Labute approximate surface area is 126 Å². The van der Waals surface area contributed by atoms with Gasteiger partial charge in [-0.25, -0.2) is 4.79 Å². The third kappa shape index (κ3) is 3.63. The summed E-state index contributed by atoms with van der Waals surface area (Å²) >= 11 is 0. The molecule has 0 aromatic heterocycles. The van der Waals surface area contributed by atoms with Crippen molar-refractivity contribution in [3.63, 3.8) is 0 Å². The largest absolute Gasteiger partial charge is 0.479 e. The molecule has 1 rings (SSSR count). The minimum Gasteiger partial charge on any atom is -0.479 e. The molecule has 0 spiro atoms. The molecule has 0 aliphatic carbocycles. The smallest absolute Gasteiger partial charge is 0.334 e. The number of nitrogens with zero attached hydrogens (tertiary/aromatic N) is 1. The summed E-state index contributed by atoms with van der Waals surface area (Å²) in [5.41, 5.74) is 0.429. The van der Waals surface area contributed by atoms with Crippen LogP contribution in [0, 0.1) is 5.92 Å². The van der Waals surface area contributed by atoms with E-state index in [4.69, 9.17) is 0 Å². The van der Waals surface area contributed by atoms with E-state index in [1.165, 1.54) is 10.5 Å². The third-order valence-electron chi connectivity index (χ3n) is 3.76. The van der Waals surface area contributed by atoms with Gasteiger partial charge in [-0.15, -0.1) is 0 Å². The van der Waals surface area contributed by atoms with E-state index in [9.17, 15) is 14.7 Å². The fraction of sp³-hybridized carbons (Fsp3) is 0.529. The summed E-state index contributed by atoms with van der Waals surface area (Å²) in [7, 11) is 0. The second-order valence-electron chi connectivity index (χ2n) is 6.28. The first kappa shape index (κ1) is 17.2. The van der Waals surface area contributed by atoms with E-state index in [0.717, 1.165) is 6.42 Å². The van der Waals surface area contributed by atoms with Crippen LogP contribution < -0.4 is 0 Å². The van der Waals surface area contributed by atoms with Crippen LogP contribution >= 0.6 is 0 Å². The topological polar surface area (TPSA) is 57.6 Å². The van der Waals surface area contributed by atoms with Crippen molar-refractivity contribution in [2.24, 2.45) is 5.92 Å². The van der Waals surface area contributed by atoms with Gasteiger partial charge >= 0.3 is 5.97 Å². The van der Waals surface area contributed by atoms with Crippen LogP contribution in [0.15, 0.2) is 24.3 Å². The highest BCUT2D eigenvalue weighted by molar-refractivity contribution is 5.83. The van der Waals surface area contributed by atoms with Gasteiger partial charge in [0.15, 0.2) is 5.54 Å². The van der Waals surface area contributed by atoms with Crippen molar-refractivity contribution in [2.75, 3.05) is 0 Å². The fourth-order valence-electron chi connectivity index (χ4n) is 2.56. The summed E-state index contributed by atoms with van der Waals surface area (Å²) in [5, 5.41) is 9.65. The minimum absolute atomic E-state index is 0.195. The Morgan fingerprint density at radius 2 is 1.76 bits per heavy atom. The first-order chi connectivity index (χ1) is 9.73. The molecule has 0 aliphatic heterocycles. The number of hydrogen-bond donors (Lipinski definition) is 1. The van der Waals surface area contributed by atoms with Crippen LogP contribution in [0.1, 0.15) is 45.7 Å². The standard InChI is InChI=1S/C17H25NO3/c1-12(2)10-14-6-8-15(9-7-14)17(5,16(20)21)18(11-19)13(3)4/h6-9,11-13H,10H2,1-5H3,(H,20,21). The molecule has 0 fully saturated rings. The number of benzene rings is 1. The van der Waals surface area contributed by atoms with E-state index in [2.05, 4.69) is 13.8 Å². The van der Waals surface area contributed by atoms with Crippen LogP contribution in [0.5, 0.6) is 0 Å². The predicted molar refractivity (Wildman–Crippen MR) is 83.0 cm³/mol. The van der Waals surface area contributed by atoms with Gasteiger partial charge in [0.25, 0.3) is 0 Å². The van der Waals surface area contributed by atoms with Crippen molar-refractivity contribution < 1.29 is 14.7 Å². The highest BCUT2D eigenvalue weighted by Crippen LogP contribution is 2.30. The maximum Gasteiger partial charge on any atom is 0.334 e. The molecule has 0 saturated carbocycles. The Morgan fingerprint density at radius 1 is 1.24 bits per heavy atom. The van der Waals surface area contributed by atoms with Gasteiger partial charge in [0.2, 0.25) is 6.41 Å². The lowest BCUT2D eigenvalue weighted by molar-refractivity contribution is -0.156. The zero-order valence-electron chi connectivity index (χ0n) is 13.5. The van der Waals surface area contributed by atoms with Gasteiger partial charge in [0.05, 0.1) is 0 Å². The molecule has 0 radical (unpaired) electrons. The first-order valence-electron chi connectivity index (χ1n) is 7.30. The molecule has 1 N–H and O–H groups in total. The molecule has 1 aromatic carbocycles. The molecule has 0 bridgehead atoms. The minimum atomic E-state index is -1.35. The van der Waals surface area contributed by atoms with Crippen molar-refractivity contribution in [1.29, 1.82) is 0 Å². The Kier molecular flexibility index (Phi) is 5.53. The van der Waals surface area contributed by atoms with Gasteiger partial charge in [-0.3, -0.25) is 4.79 Å². The molecule has 1 aromatic rings. The number of amides is 1. The van der Waals surface area contributed by atoms with E-state index in [0.29, 0.717) is 17.9 Å². The van der Waals surface area contributed by atoms with E-state index < -0.39 is 11.5 Å². The summed E-state index contributed by atoms with van der Waals surface area (Å²) in [6.45, 7) is 9.47. The highest BCUT2D eigenvalue weighted by Gasteiger charge is 2.42. The number of hydrogen-bond acceptors (Lipinski definition) is 2. The lowest BCUT2D eigenvalue weighted by Gasteiger charge is -2.38. The molecule has 0 heterocycles. The van der Waals surface area contributed by atoms with Crippen LogP contribution in [-0.4, -0.2) is 28.4 Å². The van der Waals surface area contributed by atoms with Gasteiger partial charge in [0, 0.05) is 6.04 Å². The summed E-state index contributed by atoms with van der Waals surface area (Å²) in [6.07, 6.45) is 1.56. The maximum atomic E-state index is 11.8. The molecular weight excluding hydrogens is 266 g/mol. The van der Waals surface area contributed by atoms with Gasteiger partial charge in [0.1, 0.15) is 0 Å². The molecule has 21 heavy (non-hydrogen) atoms. The average molecular weight is 291 g/mol. The summed E-state index contributed by atoms with van der Waals surface area (Å²) < 4.78 is 0. The lowest BCUT2D eigenvalue weighted by Crippen LogP contribution is -2.52. The Morgan fingerprint density at radius 3 is 2.10 bits per heavy atom. The summed E-state index contributed by atoms with van der Waals surface area (Å²) in [4.78, 5) is 24.5. The van der Waals surface area contributed by atoms with Crippen molar-refractivity contribution in [1.82, 2.24) is 4.90 Å². The molecule has 0 saturated heterocycles. The maximum absolute atomic E-state index is 11.8. The number of carboxylic acids is 1. The van der Waals surface area contributed by atoms with Crippen molar-refractivity contribution >= 4 is 12.4 Å². The van der Waals surface area contributed by atoms with Crippen LogP contribution in [0.2, 0.25) is 0 Å². The zero-order valence-corrected chi connectivity index (χ0v) is 13.5. The molecule has 0 aliphatic rings. The quantitative estimate of drug-likeness (QED) is 0.785. The van der Waals surface area contributed by atoms with Crippen LogP contribution in [0.3, 0.4) is 0 Å². The SMILES string of the molecule is CC(C)Cc1ccc(C(C)(C(=O)O)N(C=O)C(C)C)cc1. The van der Waals surface area contributed by atoms with Crippen LogP contribution in [0.4, 0.5) is 0 Å². The number of aliphatic carboxylic acids is 1. The highest BCUT2D eigenvalue weighted by atomic mass is 16.4. The molecular formula is C17H25NO3. The van der Waals surface area contributed by atoms with E-state index in [1.807, 2.05) is 38.1 Å². The van der Waals surface area contributed by atoms with Crippen LogP contribution in [0.25, 0.3) is 0 Å². The summed E-state index contributed by atoms with van der Waals surface area (Å²) in [5.74, 6) is -0.483. The fourth-order valence-corrected chi connectivity index (χ4v) is 2.56. The first-order valence-corrected chi connectivity index (χ1v) is 7.30. The monoisotopic (exact) mass is 291 g/mol. The van der Waals surface area contributed by atoms with Crippen molar-refractivity contribution in [3.8, 4) is 0 Å². The molecule has 1 atom stereocenters. The van der Waals surface area contributed by atoms with Gasteiger partial charge < -0.3 is 10.0 Å². The molecule has 1 unspecified atom stereocenters. The third-order valence-corrected chi connectivity index (χ3v) is 3.76. The van der Waals surface area contributed by atoms with Crippen molar-refractivity contribution in [3.05, 3.63) is 35.4 Å². The van der Waals surface area contributed by atoms with E-state index in [-0.39, 0.29) is 6.04 Å². The normalized spacial score (nSPS) is 14.0. The van der Waals surface area contributed by atoms with E-state index >= 15 is 0 Å². The molecule has 4 nitrogen and oxygen atoms in total. The number of carbonyl (C=O) groups excluding carboxylic acids is 1. The number of rotatable bonds is 7. The second kappa shape index (κ2) is 6.74. The molecule has 116 valence electrons. The number of carbonyl (C=O) groups is 2. The number of carboxylic acid groups (broad SMARTS) is 1. The molecule has 4 heteroatoms. The van der Waals surface area contributed by atoms with Crippen LogP contribution in [-0.2, 0) is 21.5 Å². The van der Waals surface area contributed by atoms with Gasteiger partial charge in [-0.1, -0.05) is 38.1 Å². The van der Waals surface area contributed by atoms with E-state index in [1.54, 1.807) is 6.92 Å². The Bertz CT molecular complexity index is 493. The van der Waals surface area contributed by atoms with Crippen molar-refractivity contribution in [2.45, 2.75) is 52.6 Å². The summed E-state index contributed by atoms with van der Waals surface area (Å²) in [6, 6.07) is 7.31. The predicted octanol–water partition coefficient (Wildman–Crippen LogP) is 3.05. The zero-order chi connectivity index (χ0) is 16.2. The second-order valence-corrected chi connectivity index (χ2v) is 6.28. The lowest BCUT2D eigenvalue weighted by atomic mass is 9.88. The van der Waals surface area contributed by atoms with Gasteiger partial charge in [-0.05, 0) is 44.2 Å².